The smallest absolute Gasteiger partial charge is 0.255 e. The number of aromatic nitrogens is 4. The molecule has 2 N–H and O–H groups in total. The number of anilines is 2. The van der Waals surface area contributed by atoms with Crippen molar-refractivity contribution in [2.24, 2.45) is 7.05 Å². The summed E-state index contributed by atoms with van der Waals surface area (Å²) in [5.41, 5.74) is 2.73. The first-order chi connectivity index (χ1) is 16.9. The summed E-state index contributed by atoms with van der Waals surface area (Å²) in [6.45, 7) is 6.24. The normalized spacial score (nSPS) is 15.7. The van der Waals surface area contributed by atoms with Gasteiger partial charge in [-0.05, 0) is 43.7 Å². The molecule has 35 heavy (non-hydrogen) atoms. The molecule has 1 aliphatic heterocycles. The summed E-state index contributed by atoms with van der Waals surface area (Å²) in [6.07, 6.45) is 4.23. The average Bonchev–Trinajstić information content (AvgIpc) is 2.86. The minimum absolute atomic E-state index is 0.105. The van der Waals surface area contributed by atoms with E-state index in [1.54, 1.807) is 23.9 Å². The number of rotatable bonds is 6. The number of carbonyl (C=O) groups is 1. The van der Waals surface area contributed by atoms with Crippen molar-refractivity contribution < 1.29 is 4.79 Å². The van der Waals surface area contributed by atoms with E-state index in [-0.39, 0.29) is 23.3 Å². The summed E-state index contributed by atoms with van der Waals surface area (Å²) < 4.78 is 1.57. The van der Waals surface area contributed by atoms with Crippen LogP contribution in [0.25, 0.3) is 11.4 Å². The van der Waals surface area contributed by atoms with Crippen molar-refractivity contribution in [3.8, 4) is 11.4 Å². The maximum absolute atomic E-state index is 12.7. The molecule has 3 aromatic rings. The molecule has 1 atom stereocenters. The molecule has 3 heterocycles. The topological polar surface area (TPSA) is 120 Å². The van der Waals surface area contributed by atoms with Crippen molar-refractivity contribution in [3.05, 3.63) is 64.8 Å². The van der Waals surface area contributed by atoms with Gasteiger partial charge in [-0.3, -0.25) is 19.6 Å². The fourth-order valence-corrected chi connectivity index (χ4v) is 4.19. The molecule has 0 spiro atoms. The van der Waals surface area contributed by atoms with Gasteiger partial charge in [0.05, 0.1) is 11.4 Å². The second-order valence-electron chi connectivity index (χ2n) is 8.64. The third-order valence-electron chi connectivity index (χ3n) is 6.10. The van der Waals surface area contributed by atoms with Crippen LogP contribution < -0.4 is 20.7 Å². The number of nitrogens with zero attached hydrogens (tertiary/aromatic N) is 6. The fraction of sp³-hybridized carbons (Fsp3) is 0.360. The van der Waals surface area contributed by atoms with Gasteiger partial charge in [0.25, 0.3) is 5.56 Å². The second-order valence-corrected chi connectivity index (χ2v) is 8.64. The van der Waals surface area contributed by atoms with Gasteiger partial charge >= 0.3 is 0 Å². The lowest BCUT2D eigenvalue weighted by Gasteiger charge is -2.42. The quantitative estimate of drug-likeness (QED) is 0.415. The molecule has 0 saturated carbocycles. The molecule has 182 valence electrons. The number of carbonyl (C=O) groups excluding carboxylic acids is 1. The predicted octanol–water partition coefficient (Wildman–Crippen LogP) is 2.19. The SMILES string of the molecule is CCCC(=O)NC(=N)c1ccc(N2CCN(c3nc(-c4ccncn4)cc(=O)n3C)[C@H](C)C2)cc1. The van der Waals surface area contributed by atoms with Gasteiger partial charge in [-0.1, -0.05) is 6.92 Å². The van der Waals surface area contributed by atoms with E-state index in [1.807, 2.05) is 31.2 Å². The van der Waals surface area contributed by atoms with Crippen LogP contribution in [0.15, 0.2) is 53.7 Å². The van der Waals surface area contributed by atoms with Gasteiger partial charge < -0.3 is 15.1 Å². The number of benzene rings is 1. The van der Waals surface area contributed by atoms with Gasteiger partial charge in [0.2, 0.25) is 11.9 Å². The first-order valence-electron chi connectivity index (χ1n) is 11.7. The Kier molecular flexibility index (Phi) is 7.19. The highest BCUT2D eigenvalue weighted by molar-refractivity contribution is 6.06. The van der Waals surface area contributed by atoms with E-state index in [4.69, 9.17) is 10.4 Å². The van der Waals surface area contributed by atoms with E-state index in [0.717, 1.165) is 25.2 Å². The molecule has 0 bridgehead atoms. The third kappa shape index (κ3) is 5.37. The lowest BCUT2D eigenvalue weighted by Crippen LogP contribution is -2.53. The maximum atomic E-state index is 12.7. The van der Waals surface area contributed by atoms with Crippen molar-refractivity contribution in [2.75, 3.05) is 29.4 Å². The zero-order valence-electron chi connectivity index (χ0n) is 20.2. The van der Waals surface area contributed by atoms with E-state index < -0.39 is 0 Å². The van der Waals surface area contributed by atoms with Crippen molar-refractivity contribution in [2.45, 2.75) is 32.7 Å². The van der Waals surface area contributed by atoms with Crippen LogP contribution in [-0.4, -0.2) is 56.9 Å². The number of nitrogens with one attached hydrogen (secondary N) is 2. The first kappa shape index (κ1) is 24.1. The molecule has 0 aliphatic carbocycles. The van der Waals surface area contributed by atoms with Gasteiger partial charge in [0.15, 0.2) is 0 Å². The fourth-order valence-electron chi connectivity index (χ4n) is 4.19. The predicted molar refractivity (Wildman–Crippen MR) is 136 cm³/mol. The molecule has 4 rings (SSSR count). The standard InChI is InChI=1S/C25H30N8O2/c1-4-5-22(34)30-24(26)18-6-8-19(9-7-18)32-12-13-33(17(2)15-32)25-29-21(14-23(35)31(25)3)20-10-11-27-16-28-20/h6-11,14,16-17H,4-5,12-13,15H2,1-3H3,(H2,26,30,34)/t17-/m1/s1. The van der Waals surface area contributed by atoms with E-state index in [2.05, 4.69) is 32.0 Å². The molecular formula is C25H30N8O2. The van der Waals surface area contributed by atoms with Gasteiger partial charge in [-0.2, -0.15) is 0 Å². The van der Waals surface area contributed by atoms with Gasteiger partial charge in [-0.25, -0.2) is 15.0 Å². The molecule has 1 saturated heterocycles. The Morgan fingerprint density at radius 2 is 1.94 bits per heavy atom. The van der Waals surface area contributed by atoms with Crippen LogP contribution in [0.5, 0.6) is 0 Å². The van der Waals surface area contributed by atoms with Crippen LogP contribution in [0.1, 0.15) is 32.3 Å². The Balaban J connectivity index is 1.47. The highest BCUT2D eigenvalue weighted by atomic mass is 16.1. The second kappa shape index (κ2) is 10.5. The maximum Gasteiger partial charge on any atom is 0.255 e. The van der Waals surface area contributed by atoms with Crippen LogP contribution in [-0.2, 0) is 11.8 Å². The van der Waals surface area contributed by atoms with Crippen molar-refractivity contribution in [3.63, 3.8) is 0 Å². The Labute approximate surface area is 204 Å². The monoisotopic (exact) mass is 474 g/mol. The average molecular weight is 475 g/mol. The summed E-state index contributed by atoms with van der Waals surface area (Å²) in [7, 11) is 1.74. The van der Waals surface area contributed by atoms with Gasteiger partial charge in [0.1, 0.15) is 12.2 Å². The number of amidine groups is 1. The minimum Gasteiger partial charge on any atom is -0.368 e. The Bertz CT molecular complexity index is 1260. The molecule has 1 aliphatic rings. The van der Waals surface area contributed by atoms with Crippen molar-refractivity contribution >= 4 is 23.4 Å². The van der Waals surface area contributed by atoms with Crippen molar-refractivity contribution in [1.29, 1.82) is 5.41 Å². The highest BCUT2D eigenvalue weighted by Gasteiger charge is 2.27. The summed E-state index contributed by atoms with van der Waals surface area (Å²) in [6, 6.07) is 11.0. The van der Waals surface area contributed by atoms with E-state index >= 15 is 0 Å². The molecule has 1 aromatic carbocycles. The van der Waals surface area contributed by atoms with Crippen molar-refractivity contribution in [1.82, 2.24) is 24.8 Å². The Morgan fingerprint density at radius 1 is 1.17 bits per heavy atom. The number of hydrogen-bond acceptors (Lipinski definition) is 8. The third-order valence-corrected chi connectivity index (χ3v) is 6.10. The summed E-state index contributed by atoms with van der Waals surface area (Å²) in [4.78, 5) is 41.8. The molecule has 2 aromatic heterocycles. The molecule has 0 unspecified atom stereocenters. The summed E-state index contributed by atoms with van der Waals surface area (Å²) in [5, 5.41) is 10.8. The Morgan fingerprint density at radius 3 is 2.60 bits per heavy atom. The van der Waals surface area contributed by atoms with E-state index in [1.165, 1.54) is 12.4 Å². The van der Waals surface area contributed by atoms with Crippen LogP contribution >= 0.6 is 0 Å². The van der Waals surface area contributed by atoms with E-state index in [0.29, 0.717) is 35.9 Å². The minimum atomic E-state index is -0.140. The molecule has 1 amide bonds. The highest BCUT2D eigenvalue weighted by Crippen LogP contribution is 2.24. The first-order valence-corrected chi connectivity index (χ1v) is 11.7. The molecule has 10 heteroatoms. The van der Waals surface area contributed by atoms with Crippen LogP contribution in [0, 0.1) is 5.41 Å². The van der Waals surface area contributed by atoms with Crippen LogP contribution in [0.2, 0.25) is 0 Å². The molecule has 1 fully saturated rings. The molecular weight excluding hydrogens is 444 g/mol. The largest absolute Gasteiger partial charge is 0.368 e. The zero-order valence-corrected chi connectivity index (χ0v) is 20.2. The van der Waals surface area contributed by atoms with E-state index in [9.17, 15) is 9.59 Å². The number of hydrogen-bond donors (Lipinski definition) is 2. The van der Waals surface area contributed by atoms with Gasteiger partial charge in [0, 0.05) is 62.7 Å². The zero-order chi connectivity index (χ0) is 24.9. The molecule has 0 radical (unpaired) electrons. The lowest BCUT2D eigenvalue weighted by atomic mass is 10.1. The number of piperazine rings is 1. The Hall–Kier alpha value is -4.08. The lowest BCUT2D eigenvalue weighted by molar-refractivity contribution is -0.119. The number of amides is 1. The summed E-state index contributed by atoms with van der Waals surface area (Å²) in [5.74, 6) is 0.590. The summed E-state index contributed by atoms with van der Waals surface area (Å²) >= 11 is 0. The van der Waals surface area contributed by atoms with Crippen LogP contribution in [0.3, 0.4) is 0 Å². The van der Waals surface area contributed by atoms with Gasteiger partial charge in [-0.15, -0.1) is 0 Å². The molecule has 10 nitrogen and oxygen atoms in total. The van der Waals surface area contributed by atoms with Crippen LogP contribution in [0.4, 0.5) is 11.6 Å².